The summed E-state index contributed by atoms with van der Waals surface area (Å²) in [6.07, 6.45) is 0. The van der Waals surface area contributed by atoms with Crippen molar-refractivity contribution in [1.29, 1.82) is 0 Å². The molecule has 7 nitrogen and oxygen atoms in total. The highest BCUT2D eigenvalue weighted by atomic mass is 79.9. The van der Waals surface area contributed by atoms with Crippen molar-refractivity contribution in [2.45, 2.75) is 13.8 Å². The molecule has 0 fully saturated rings. The van der Waals surface area contributed by atoms with Crippen LogP contribution < -0.4 is 25.4 Å². The number of anilines is 2. The summed E-state index contributed by atoms with van der Waals surface area (Å²) in [5.74, 6) is 1.02. The third kappa shape index (κ3) is 8.70. The van der Waals surface area contributed by atoms with E-state index < -0.39 is 0 Å². The Bertz CT molecular complexity index is 1190. The fourth-order valence-electron chi connectivity index (χ4n) is 2.89. The van der Waals surface area contributed by atoms with E-state index >= 15 is 0 Å². The molecule has 2 amide bonds. The maximum Gasteiger partial charge on any atom is 0.262 e. The summed E-state index contributed by atoms with van der Waals surface area (Å²) < 4.78 is 11.9. The Hall–Kier alpha value is -3.43. The van der Waals surface area contributed by atoms with E-state index in [9.17, 15) is 9.59 Å². The molecule has 0 atom stereocenters. The van der Waals surface area contributed by atoms with Crippen LogP contribution in [-0.4, -0.2) is 30.1 Å². The zero-order valence-corrected chi connectivity index (χ0v) is 21.7. The Morgan fingerprint density at radius 3 is 2.31 bits per heavy atom. The maximum atomic E-state index is 12.6. The highest BCUT2D eigenvalue weighted by Gasteiger charge is 2.12. The minimum atomic E-state index is -0.360. The quantitative estimate of drug-likeness (QED) is 0.296. The Kier molecular flexibility index (Phi) is 9.63. The SMILES string of the molecule is CC(C)COc1ccc(C(=O)NC(=S)Nc2cccc(NC(=O)COc3ccccc3)c2)cc1Br. The zero-order valence-electron chi connectivity index (χ0n) is 19.3. The number of amides is 2. The summed E-state index contributed by atoms with van der Waals surface area (Å²) in [5, 5.41) is 8.50. The predicted molar refractivity (Wildman–Crippen MR) is 145 cm³/mol. The van der Waals surface area contributed by atoms with E-state index in [2.05, 4.69) is 45.7 Å². The molecule has 3 N–H and O–H groups in total. The average molecular weight is 556 g/mol. The number of para-hydroxylation sites is 1. The molecule has 0 bridgehead atoms. The van der Waals surface area contributed by atoms with Crippen molar-refractivity contribution < 1.29 is 19.1 Å². The second-order valence-electron chi connectivity index (χ2n) is 7.99. The molecule has 0 heterocycles. The van der Waals surface area contributed by atoms with Crippen molar-refractivity contribution in [1.82, 2.24) is 5.32 Å². The molecule has 0 aliphatic rings. The Labute approximate surface area is 218 Å². The van der Waals surface area contributed by atoms with Crippen LogP contribution in [0.4, 0.5) is 11.4 Å². The number of hydrogen-bond donors (Lipinski definition) is 3. The van der Waals surface area contributed by atoms with Gasteiger partial charge in [0.2, 0.25) is 0 Å². The molecular formula is C26H26BrN3O4S. The topological polar surface area (TPSA) is 88.7 Å². The maximum absolute atomic E-state index is 12.6. The van der Waals surface area contributed by atoms with Gasteiger partial charge in [0.15, 0.2) is 11.7 Å². The first-order valence-electron chi connectivity index (χ1n) is 10.9. The number of nitrogens with one attached hydrogen (secondary N) is 3. The molecule has 3 aromatic rings. The van der Waals surface area contributed by atoms with Crippen LogP contribution in [0.15, 0.2) is 77.3 Å². The first-order valence-corrected chi connectivity index (χ1v) is 12.1. The van der Waals surface area contributed by atoms with Crippen LogP contribution in [0.1, 0.15) is 24.2 Å². The van der Waals surface area contributed by atoms with Gasteiger partial charge in [-0.3, -0.25) is 14.9 Å². The molecule has 3 rings (SSSR count). The van der Waals surface area contributed by atoms with Crippen LogP contribution in [0.2, 0.25) is 0 Å². The van der Waals surface area contributed by atoms with Gasteiger partial charge in [-0.25, -0.2) is 0 Å². The lowest BCUT2D eigenvalue weighted by molar-refractivity contribution is -0.118. The third-order valence-electron chi connectivity index (χ3n) is 4.51. The van der Waals surface area contributed by atoms with Gasteiger partial charge in [0.05, 0.1) is 11.1 Å². The fraction of sp³-hybridized carbons (Fsp3) is 0.192. The van der Waals surface area contributed by atoms with E-state index in [1.807, 2.05) is 18.2 Å². The minimum absolute atomic E-state index is 0.118. The van der Waals surface area contributed by atoms with Crippen LogP contribution in [0.25, 0.3) is 0 Å². The molecule has 0 aliphatic heterocycles. The molecule has 3 aromatic carbocycles. The second kappa shape index (κ2) is 12.9. The first-order chi connectivity index (χ1) is 16.8. The van der Waals surface area contributed by atoms with Gasteiger partial charge in [-0.05, 0) is 82.6 Å². The van der Waals surface area contributed by atoms with Gasteiger partial charge in [-0.2, -0.15) is 0 Å². The molecule has 35 heavy (non-hydrogen) atoms. The van der Waals surface area contributed by atoms with Crippen molar-refractivity contribution >= 4 is 56.4 Å². The lowest BCUT2D eigenvalue weighted by Crippen LogP contribution is -2.34. The first kappa shape index (κ1) is 26.2. The van der Waals surface area contributed by atoms with Crippen molar-refractivity contribution in [3.05, 3.63) is 82.8 Å². The van der Waals surface area contributed by atoms with Crippen LogP contribution in [-0.2, 0) is 4.79 Å². The monoisotopic (exact) mass is 555 g/mol. The number of carbonyl (C=O) groups excluding carboxylic acids is 2. The van der Waals surface area contributed by atoms with Crippen LogP contribution in [0, 0.1) is 5.92 Å². The smallest absolute Gasteiger partial charge is 0.262 e. The molecule has 182 valence electrons. The van der Waals surface area contributed by atoms with E-state index in [4.69, 9.17) is 21.7 Å². The average Bonchev–Trinajstić information content (AvgIpc) is 2.82. The normalized spacial score (nSPS) is 10.4. The minimum Gasteiger partial charge on any atom is -0.492 e. The zero-order chi connectivity index (χ0) is 25.2. The fourth-order valence-corrected chi connectivity index (χ4v) is 3.59. The number of rotatable bonds is 9. The van der Waals surface area contributed by atoms with Gasteiger partial charge in [-0.15, -0.1) is 0 Å². The molecule has 0 unspecified atom stereocenters. The third-order valence-corrected chi connectivity index (χ3v) is 5.33. The number of halogens is 1. The predicted octanol–water partition coefficient (Wildman–Crippen LogP) is 5.63. The lowest BCUT2D eigenvalue weighted by atomic mass is 10.2. The van der Waals surface area contributed by atoms with Gasteiger partial charge in [0.1, 0.15) is 11.5 Å². The van der Waals surface area contributed by atoms with Crippen LogP contribution >= 0.6 is 28.1 Å². The summed E-state index contributed by atoms with van der Waals surface area (Å²) in [6, 6.07) is 21.2. The number of thiocarbonyl (C=S) groups is 1. The molecule has 0 aliphatic carbocycles. The molecule has 0 aromatic heterocycles. The van der Waals surface area contributed by atoms with E-state index in [1.165, 1.54) is 0 Å². The van der Waals surface area contributed by atoms with Crippen molar-refractivity contribution in [3.8, 4) is 11.5 Å². The van der Waals surface area contributed by atoms with E-state index in [1.54, 1.807) is 54.6 Å². The Morgan fingerprint density at radius 2 is 1.63 bits per heavy atom. The molecule has 0 radical (unpaired) electrons. The van der Waals surface area contributed by atoms with Crippen LogP contribution in [0.3, 0.4) is 0 Å². The summed E-state index contributed by atoms with van der Waals surface area (Å²) >= 11 is 8.72. The standard InChI is InChI=1S/C26H26BrN3O4S/c1-17(2)15-34-23-12-11-18(13-22(23)27)25(32)30-26(35)29-20-8-6-7-19(14-20)28-24(31)16-33-21-9-4-3-5-10-21/h3-14,17H,15-16H2,1-2H3,(H,28,31)(H2,29,30,32,35). The number of hydrogen-bond acceptors (Lipinski definition) is 5. The number of ether oxygens (including phenoxy) is 2. The largest absolute Gasteiger partial charge is 0.492 e. The molecular weight excluding hydrogens is 530 g/mol. The number of benzene rings is 3. The van der Waals surface area contributed by atoms with Crippen molar-refractivity contribution in [2.75, 3.05) is 23.8 Å². The Morgan fingerprint density at radius 1 is 0.914 bits per heavy atom. The highest BCUT2D eigenvalue weighted by molar-refractivity contribution is 9.10. The van der Waals surface area contributed by atoms with Gasteiger partial charge >= 0.3 is 0 Å². The van der Waals surface area contributed by atoms with Gasteiger partial charge in [0.25, 0.3) is 11.8 Å². The Balaban J connectivity index is 1.51. The van der Waals surface area contributed by atoms with Gasteiger partial charge in [-0.1, -0.05) is 38.1 Å². The van der Waals surface area contributed by atoms with E-state index in [0.717, 1.165) is 0 Å². The summed E-state index contributed by atoms with van der Waals surface area (Å²) in [4.78, 5) is 24.8. The molecule has 0 saturated heterocycles. The summed E-state index contributed by atoms with van der Waals surface area (Å²) in [7, 11) is 0. The molecule has 9 heteroatoms. The van der Waals surface area contributed by atoms with E-state index in [0.29, 0.717) is 45.4 Å². The highest BCUT2D eigenvalue weighted by Crippen LogP contribution is 2.26. The summed E-state index contributed by atoms with van der Waals surface area (Å²) in [6.45, 7) is 4.59. The van der Waals surface area contributed by atoms with Gasteiger partial charge < -0.3 is 20.1 Å². The van der Waals surface area contributed by atoms with Crippen LogP contribution in [0.5, 0.6) is 11.5 Å². The number of carbonyl (C=O) groups is 2. The molecule has 0 spiro atoms. The second-order valence-corrected chi connectivity index (χ2v) is 9.25. The van der Waals surface area contributed by atoms with Gasteiger partial charge in [0, 0.05) is 16.9 Å². The van der Waals surface area contributed by atoms with Crippen molar-refractivity contribution in [2.24, 2.45) is 5.92 Å². The summed E-state index contributed by atoms with van der Waals surface area (Å²) in [5.41, 5.74) is 1.60. The van der Waals surface area contributed by atoms with E-state index in [-0.39, 0.29) is 23.5 Å². The lowest BCUT2D eigenvalue weighted by Gasteiger charge is -2.13. The molecule has 0 saturated carbocycles. The van der Waals surface area contributed by atoms with Crippen molar-refractivity contribution in [3.63, 3.8) is 0 Å².